The first-order valence-corrected chi connectivity index (χ1v) is 12.7. The molecule has 2 saturated heterocycles. The minimum atomic E-state index is -0.614. The molecule has 2 aliphatic rings. The average Bonchev–Trinajstić information content (AvgIpc) is 3.50. The first-order chi connectivity index (χ1) is 18.9. The predicted octanol–water partition coefficient (Wildman–Crippen LogP) is 2.79. The Hall–Kier alpha value is -4.60. The molecule has 2 aromatic carbocycles. The number of methoxy groups -OCH3 is 1. The number of amides is 2. The highest BCUT2D eigenvalue weighted by molar-refractivity contribution is 5.96. The Bertz CT molecular complexity index is 1650. The summed E-state index contributed by atoms with van der Waals surface area (Å²) in [6.45, 7) is 1.52. The number of hydrogen-bond donors (Lipinski definition) is 1. The van der Waals surface area contributed by atoms with Crippen molar-refractivity contribution in [3.63, 3.8) is 0 Å². The van der Waals surface area contributed by atoms with Gasteiger partial charge in [0.15, 0.2) is 0 Å². The Labute approximate surface area is 223 Å². The molecular formula is C29H26FN5O4. The van der Waals surface area contributed by atoms with Crippen molar-refractivity contribution in [1.29, 1.82) is 0 Å². The Morgan fingerprint density at radius 2 is 1.87 bits per heavy atom. The highest BCUT2D eigenvalue weighted by atomic mass is 19.1. The van der Waals surface area contributed by atoms with E-state index in [0.29, 0.717) is 54.0 Å². The number of pyridine rings is 1. The number of rotatable bonds is 6. The molecule has 198 valence electrons. The van der Waals surface area contributed by atoms with E-state index in [9.17, 15) is 18.8 Å². The molecule has 2 atom stereocenters. The number of aromatic amines is 1. The predicted molar refractivity (Wildman–Crippen MR) is 141 cm³/mol. The largest absolute Gasteiger partial charge is 0.481 e. The molecule has 4 heterocycles. The molecular weight excluding hydrogens is 501 g/mol. The van der Waals surface area contributed by atoms with Gasteiger partial charge in [0.1, 0.15) is 5.82 Å². The van der Waals surface area contributed by atoms with Crippen molar-refractivity contribution in [2.24, 2.45) is 11.8 Å². The number of carbonyl (C=O) groups is 2. The van der Waals surface area contributed by atoms with Crippen LogP contribution >= 0.6 is 0 Å². The van der Waals surface area contributed by atoms with Crippen LogP contribution in [0.5, 0.6) is 5.88 Å². The molecule has 2 fully saturated rings. The zero-order chi connectivity index (χ0) is 27.1. The summed E-state index contributed by atoms with van der Waals surface area (Å²) in [7, 11) is 1.55. The van der Waals surface area contributed by atoms with Gasteiger partial charge in [-0.1, -0.05) is 30.3 Å². The van der Waals surface area contributed by atoms with Crippen LogP contribution in [0.15, 0.2) is 65.5 Å². The van der Waals surface area contributed by atoms with Crippen molar-refractivity contribution in [2.75, 3.05) is 26.7 Å². The Kier molecular flexibility index (Phi) is 6.30. The van der Waals surface area contributed by atoms with E-state index in [4.69, 9.17) is 4.74 Å². The van der Waals surface area contributed by atoms with E-state index in [1.54, 1.807) is 41.2 Å². The molecule has 0 aliphatic carbocycles. The zero-order valence-corrected chi connectivity index (χ0v) is 21.3. The lowest BCUT2D eigenvalue weighted by atomic mass is 10.0. The third kappa shape index (κ3) is 4.62. The van der Waals surface area contributed by atoms with E-state index in [-0.39, 0.29) is 35.4 Å². The van der Waals surface area contributed by atoms with Gasteiger partial charge < -0.3 is 14.5 Å². The van der Waals surface area contributed by atoms with Crippen LogP contribution in [0.4, 0.5) is 4.39 Å². The first kappa shape index (κ1) is 24.7. The molecule has 2 aliphatic heterocycles. The molecule has 9 nitrogen and oxygen atoms in total. The van der Waals surface area contributed by atoms with Gasteiger partial charge >= 0.3 is 0 Å². The van der Waals surface area contributed by atoms with Gasteiger partial charge in [-0.3, -0.25) is 14.4 Å². The van der Waals surface area contributed by atoms with Crippen LogP contribution in [0.2, 0.25) is 0 Å². The fraction of sp³-hybridized carbons (Fsp3) is 0.276. The lowest BCUT2D eigenvalue weighted by molar-refractivity contribution is -0.131. The van der Waals surface area contributed by atoms with Gasteiger partial charge in [0, 0.05) is 43.4 Å². The second kappa shape index (κ2) is 9.94. The molecule has 2 unspecified atom stereocenters. The number of nitrogens with one attached hydrogen (secondary N) is 1. The number of halogens is 1. The second-order valence-electron chi connectivity index (χ2n) is 10.0. The maximum Gasteiger partial charge on any atom is 0.272 e. The number of carbonyl (C=O) groups excluding carboxylic acids is 2. The third-order valence-electron chi connectivity index (χ3n) is 7.56. The summed E-state index contributed by atoms with van der Waals surface area (Å²) < 4.78 is 20.0. The molecule has 0 spiro atoms. The van der Waals surface area contributed by atoms with Crippen molar-refractivity contribution in [3.8, 4) is 5.88 Å². The van der Waals surface area contributed by atoms with Gasteiger partial charge in [-0.05, 0) is 29.8 Å². The van der Waals surface area contributed by atoms with E-state index in [0.717, 1.165) is 5.69 Å². The quantitative estimate of drug-likeness (QED) is 0.413. The van der Waals surface area contributed by atoms with Gasteiger partial charge in [0.05, 0.1) is 41.9 Å². The number of fused-ring (bicyclic) bond motifs is 2. The third-order valence-corrected chi connectivity index (χ3v) is 7.56. The highest BCUT2D eigenvalue weighted by Crippen LogP contribution is 2.34. The second-order valence-corrected chi connectivity index (χ2v) is 10.0. The number of hydrogen-bond acceptors (Lipinski definition) is 6. The van der Waals surface area contributed by atoms with Crippen LogP contribution in [0.1, 0.15) is 27.3 Å². The SMILES string of the molecule is COc1cccc(CN2CC3CN(C(=O)c4cc(Cc5n[nH]c(=O)c6ccccc56)ccc4F)CC3C2=O)n1. The van der Waals surface area contributed by atoms with Crippen molar-refractivity contribution in [1.82, 2.24) is 25.0 Å². The lowest BCUT2D eigenvalue weighted by Crippen LogP contribution is -2.36. The number of nitrogens with zero attached hydrogens (tertiary/aromatic N) is 4. The van der Waals surface area contributed by atoms with E-state index in [1.165, 1.54) is 12.1 Å². The van der Waals surface area contributed by atoms with Crippen molar-refractivity contribution < 1.29 is 18.7 Å². The number of aromatic nitrogens is 3. The van der Waals surface area contributed by atoms with E-state index >= 15 is 0 Å². The summed E-state index contributed by atoms with van der Waals surface area (Å²) in [6.07, 6.45) is 0.314. The van der Waals surface area contributed by atoms with Crippen LogP contribution in [-0.2, 0) is 17.8 Å². The summed E-state index contributed by atoms with van der Waals surface area (Å²) in [6, 6.07) is 17.0. The molecule has 10 heteroatoms. The topological polar surface area (TPSA) is 108 Å². The van der Waals surface area contributed by atoms with Gasteiger partial charge in [-0.25, -0.2) is 14.5 Å². The maximum atomic E-state index is 14.8. The van der Waals surface area contributed by atoms with Crippen molar-refractivity contribution >= 4 is 22.6 Å². The minimum absolute atomic E-state index is 0.0185. The van der Waals surface area contributed by atoms with Crippen molar-refractivity contribution in [3.05, 3.63) is 99.3 Å². The molecule has 0 saturated carbocycles. The molecule has 39 heavy (non-hydrogen) atoms. The fourth-order valence-electron chi connectivity index (χ4n) is 5.62. The summed E-state index contributed by atoms with van der Waals surface area (Å²) in [5.74, 6) is -0.915. The van der Waals surface area contributed by atoms with E-state index < -0.39 is 11.7 Å². The first-order valence-electron chi connectivity index (χ1n) is 12.7. The molecule has 2 aromatic heterocycles. The number of likely N-dealkylation sites (tertiary alicyclic amines) is 2. The van der Waals surface area contributed by atoms with Gasteiger partial charge in [-0.2, -0.15) is 5.10 Å². The normalized spacial score (nSPS) is 18.6. The van der Waals surface area contributed by atoms with Crippen LogP contribution in [0, 0.1) is 17.7 Å². The van der Waals surface area contributed by atoms with Crippen LogP contribution in [0.25, 0.3) is 10.8 Å². The Balaban J connectivity index is 1.16. The van der Waals surface area contributed by atoms with E-state index in [1.807, 2.05) is 24.3 Å². The maximum absolute atomic E-state index is 14.8. The molecule has 1 N–H and O–H groups in total. The van der Waals surface area contributed by atoms with E-state index in [2.05, 4.69) is 15.2 Å². The molecule has 4 aromatic rings. The highest BCUT2D eigenvalue weighted by Gasteiger charge is 2.47. The monoisotopic (exact) mass is 527 g/mol. The van der Waals surface area contributed by atoms with Gasteiger partial charge in [0.2, 0.25) is 11.8 Å². The van der Waals surface area contributed by atoms with Crippen molar-refractivity contribution in [2.45, 2.75) is 13.0 Å². The zero-order valence-electron chi connectivity index (χ0n) is 21.3. The Morgan fingerprint density at radius 1 is 1.05 bits per heavy atom. The number of benzene rings is 2. The fourth-order valence-corrected chi connectivity index (χ4v) is 5.62. The molecule has 6 rings (SSSR count). The molecule has 0 radical (unpaired) electrons. The molecule has 2 amide bonds. The van der Waals surface area contributed by atoms with Crippen LogP contribution in [0.3, 0.4) is 0 Å². The van der Waals surface area contributed by atoms with Gasteiger partial charge in [0.25, 0.3) is 11.5 Å². The van der Waals surface area contributed by atoms with Crippen LogP contribution < -0.4 is 10.3 Å². The molecule has 0 bridgehead atoms. The summed E-state index contributed by atoms with van der Waals surface area (Å²) in [4.78, 5) is 46.4. The van der Waals surface area contributed by atoms with Crippen LogP contribution in [-0.4, -0.2) is 63.5 Å². The smallest absolute Gasteiger partial charge is 0.272 e. The lowest BCUT2D eigenvalue weighted by Gasteiger charge is -2.22. The number of H-pyrrole nitrogens is 1. The van der Waals surface area contributed by atoms with Gasteiger partial charge in [-0.15, -0.1) is 0 Å². The standard InChI is InChI=1S/C29H26FN5O4/c1-39-26-8-4-5-19(31-26)15-34-13-18-14-35(16-23(18)29(34)38)28(37)22-11-17(9-10-24(22)30)12-25-20-6-2-3-7-21(20)27(36)33-32-25/h2-11,18,23H,12-16H2,1H3,(H,33,36). The summed E-state index contributed by atoms with van der Waals surface area (Å²) >= 11 is 0. The summed E-state index contributed by atoms with van der Waals surface area (Å²) in [5.41, 5.74) is 1.74. The average molecular weight is 528 g/mol. The summed E-state index contributed by atoms with van der Waals surface area (Å²) in [5, 5.41) is 7.92. The number of ether oxygens (including phenoxy) is 1. The Morgan fingerprint density at radius 3 is 2.67 bits per heavy atom. The minimum Gasteiger partial charge on any atom is -0.481 e.